The van der Waals surface area contributed by atoms with E-state index < -0.39 is 12.1 Å². The lowest BCUT2D eigenvalue weighted by Crippen LogP contribution is -2.61. The highest BCUT2D eigenvalue weighted by Crippen LogP contribution is 2.42. The first-order chi connectivity index (χ1) is 24.3. The summed E-state index contributed by atoms with van der Waals surface area (Å²) in [5.41, 5.74) is 23.8. The summed E-state index contributed by atoms with van der Waals surface area (Å²) in [6.07, 6.45) is 0.344. The van der Waals surface area contributed by atoms with Crippen LogP contribution in [0.25, 0.3) is 0 Å². The van der Waals surface area contributed by atoms with E-state index >= 15 is 0 Å². The molecule has 0 aromatic carbocycles. The highest BCUT2D eigenvalue weighted by atomic mass is 19.4. The second-order valence-electron chi connectivity index (χ2n) is 21.3. The van der Waals surface area contributed by atoms with Crippen molar-refractivity contribution in [3.63, 3.8) is 0 Å². The summed E-state index contributed by atoms with van der Waals surface area (Å²) in [5, 5.41) is 19.8. The first kappa shape index (κ1) is 49.5. The number of aliphatic hydroxyl groups is 2. The number of rotatable bonds is 1. The van der Waals surface area contributed by atoms with Gasteiger partial charge in [-0.25, -0.2) is 0 Å². The average molecular weight is 779 g/mol. The van der Waals surface area contributed by atoms with E-state index in [0.29, 0.717) is 24.0 Å². The number of halogens is 3. The molecular formula is C41H85F3N8O2. The summed E-state index contributed by atoms with van der Waals surface area (Å²) < 4.78 is 37.8. The lowest BCUT2D eigenvalue weighted by atomic mass is 9.85. The van der Waals surface area contributed by atoms with Crippen molar-refractivity contribution in [3.05, 3.63) is 0 Å². The minimum absolute atomic E-state index is 0.0517. The van der Waals surface area contributed by atoms with Crippen LogP contribution in [0.5, 0.6) is 0 Å². The molecule has 5 fully saturated rings. The summed E-state index contributed by atoms with van der Waals surface area (Å²) in [5.74, 6) is 0.146. The molecule has 9 atom stereocenters. The standard InChI is InChI=1S/C12H24N2O.C10H19F3N2.C10H22N2O.C9H20N2/c1-12(2,3)14-6-9(8-4-5-8)11(15)10(13)7-14;1-9(2,3)15-5-7(10(11,12)13)4-8(14)6-15;1-7-5-12(10(2,3)4)6-8(11)9(7)13;1-9(2,3)11-6-4-5-8(10)7-11/h8-11,15H,4-7,13H2,1-3H3;7-8H,4-6,14H2,1-3H3;7-9,13H,5-6,11H2,1-4H3;8H,4-7,10H2,1-3H3/t9-,10-,11-;7-,8+;7-,8+,9+;8-/m1100/s1. The summed E-state index contributed by atoms with van der Waals surface area (Å²) in [6, 6.07) is -0.126. The van der Waals surface area contributed by atoms with Gasteiger partial charge in [0.2, 0.25) is 0 Å². The van der Waals surface area contributed by atoms with E-state index in [1.807, 2.05) is 25.7 Å². The van der Waals surface area contributed by atoms with Crippen molar-refractivity contribution in [2.75, 3.05) is 52.4 Å². The van der Waals surface area contributed by atoms with Crippen LogP contribution in [-0.4, -0.2) is 147 Å². The SMILES string of the molecule is CC(C)(C)N1CCC[C@H](N)C1.CC(C)(C)N1C[C@@H](N)C[C@@H](C(F)(F)F)C1.CC(C)(C)N1C[C@@H](N)[C@H](O)[C@@H](C2CC2)C1.C[C@H]1CN(C(C)(C)C)C[C@@H](N)[C@@H]1O. The van der Waals surface area contributed by atoms with Crippen LogP contribution in [0.1, 0.15) is 122 Å². The van der Waals surface area contributed by atoms with Gasteiger partial charge >= 0.3 is 6.18 Å². The fraction of sp³-hybridized carbons (Fsp3) is 1.00. The quantitative estimate of drug-likeness (QED) is 0.225. The number of likely N-dealkylation sites (tertiary alicyclic amines) is 4. The smallest absolute Gasteiger partial charge is 0.391 e. The number of alkyl halides is 3. The molecule has 0 radical (unpaired) electrons. The maximum absolute atomic E-state index is 12.6. The molecule has 0 aromatic heterocycles. The average Bonchev–Trinajstić information content (AvgIpc) is 3.85. The normalized spacial score (nSPS) is 34.4. The van der Waals surface area contributed by atoms with Gasteiger partial charge in [-0.1, -0.05) is 6.92 Å². The molecule has 10 N–H and O–H groups in total. The molecule has 0 aromatic rings. The Morgan fingerprint density at radius 2 is 0.944 bits per heavy atom. The van der Waals surface area contributed by atoms with Crippen molar-refractivity contribution in [2.24, 2.45) is 46.6 Å². The Kier molecular flexibility index (Phi) is 17.8. The topological polar surface area (TPSA) is 158 Å². The Labute approximate surface area is 328 Å². The molecule has 1 aliphatic carbocycles. The Hall–Kier alpha value is -0.610. The Bertz CT molecular complexity index is 1040. The molecule has 13 heteroatoms. The minimum atomic E-state index is -4.12. The van der Waals surface area contributed by atoms with Gasteiger partial charge in [0.05, 0.1) is 18.1 Å². The molecule has 4 saturated heterocycles. The molecule has 10 nitrogen and oxygen atoms in total. The molecule has 5 aliphatic rings. The molecule has 1 saturated carbocycles. The van der Waals surface area contributed by atoms with E-state index in [0.717, 1.165) is 38.6 Å². The minimum Gasteiger partial charge on any atom is -0.391 e. The van der Waals surface area contributed by atoms with Crippen LogP contribution in [0.3, 0.4) is 0 Å². The fourth-order valence-corrected chi connectivity index (χ4v) is 8.02. The number of nitrogens with two attached hydrogens (primary N) is 4. The fourth-order valence-electron chi connectivity index (χ4n) is 8.02. The van der Waals surface area contributed by atoms with Gasteiger partial charge in [0.15, 0.2) is 0 Å². The molecule has 54 heavy (non-hydrogen) atoms. The first-order valence-electron chi connectivity index (χ1n) is 20.8. The molecule has 4 heterocycles. The van der Waals surface area contributed by atoms with E-state index in [4.69, 9.17) is 22.9 Å². The zero-order chi connectivity index (χ0) is 41.8. The molecule has 322 valence electrons. The predicted molar refractivity (Wildman–Crippen MR) is 218 cm³/mol. The first-order valence-corrected chi connectivity index (χ1v) is 20.8. The van der Waals surface area contributed by atoms with Gasteiger partial charge in [-0.2, -0.15) is 13.2 Å². The predicted octanol–water partition coefficient (Wildman–Crippen LogP) is 4.44. The van der Waals surface area contributed by atoms with Gasteiger partial charge in [0.25, 0.3) is 0 Å². The van der Waals surface area contributed by atoms with Crippen LogP contribution in [0.4, 0.5) is 13.2 Å². The second kappa shape index (κ2) is 19.4. The van der Waals surface area contributed by atoms with Gasteiger partial charge in [-0.15, -0.1) is 0 Å². The third kappa shape index (κ3) is 16.0. The van der Waals surface area contributed by atoms with Gasteiger partial charge < -0.3 is 33.1 Å². The number of piperidine rings is 4. The highest BCUT2D eigenvalue weighted by molar-refractivity contribution is 4.99. The molecule has 0 bridgehead atoms. The van der Waals surface area contributed by atoms with E-state index in [2.05, 4.69) is 83.9 Å². The summed E-state index contributed by atoms with van der Waals surface area (Å²) >= 11 is 0. The molecule has 0 unspecified atom stereocenters. The number of aliphatic hydroxyl groups excluding tert-OH is 2. The van der Waals surface area contributed by atoms with Crippen molar-refractivity contribution in [2.45, 2.75) is 187 Å². The van der Waals surface area contributed by atoms with Crippen molar-refractivity contribution in [1.82, 2.24) is 19.6 Å². The van der Waals surface area contributed by atoms with Crippen LogP contribution in [0, 0.1) is 23.7 Å². The van der Waals surface area contributed by atoms with Crippen LogP contribution in [0.15, 0.2) is 0 Å². The molecule has 4 aliphatic heterocycles. The highest BCUT2D eigenvalue weighted by Gasteiger charge is 2.46. The molecule has 5 rings (SSSR count). The number of nitrogens with zero attached hydrogens (tertiary/aromatic N) is 4. The molecule has 0 amide bonds. The Morgan fingerprint density at radius 1 is 0.519 bits per heavy atom. The maximum atomic E-state index is 12.6. The lowest BCUT2D eigenvalue weighted by molar-refractivity contribution is -0.192. The third-order valence-electron chi connectivity index (χ3n) is 12.1. The second-order valence-corrected chi connectivity index (χ2v) is 21.3. The summed E-state index contributed by atoms with van der Waals surface area (Å²) in [6.45, 7) is 34.3. The van der Waals surface area contributed by atoms with Crippen LogP contribution in [-0.2, 0) is 0 Å². The van der Waals surface area contributed by atoms with Crippen molar-refractivity contribution in [3.8, 4) is 0 Å². The Morgan fingerprint density at radius 3 is 1.33 bits per heavy atom. The van der Waals surface area contributed by atoms with Gasteiger partial charge in [-0.3, -0.25) is 19.6 Å². The zero-order valence-corrected chi connectivity index (χ0v) is 36.6. The van der Waals surface area contributed by atoms with Gasteiger partial charge in [0, 0.05) is 98.1 Å². The molecule has 0 spiro atoms. The monoisotopic (exact) mass is 779 g/mol. The number of hydrogen-bond donors (Lipinski definition) is 6. The summed E-state index contributed by atoms with van der Waals surface area (Å²) in [7, 11) is 0. The van der Waals surface area contributed by atoms with Crippen LogP contribution < -0.4 is 22.9 Å². The summed E-state index contributed by atoms with van der Waals surface area (Å²) in [4.78, 5) is 9.06. The lowest BCUT2D eigenvalue weighted by Gasteiger charge is -2.46. The maximum Gasteiger partial charge on any atom is 0.393 e. The molecular weight excluding hydrogens is 693 g/mol. The largest absolute Gasteiger partial charge is 0.393 e. The van der Waals surface area contributed by atoms with Crippen molar-refractivity contribution in [1.29, 1.82) is 0 Å². The zero-order valence-electron chi connectivity index (χ0n) is 36.6. The van der Waals surface area contributed by atoms with E-state index in [1.54, 1.807) is 0 Å². The van der Waals surface area contributed by atoms with Crippen molar-refractivity contribution >= 4 is 0 Å². The van der Waals surface area contributed by atoms with Gasteiger partial charge in [0.1, 0.15) is 0 Å². The van der Waals surface area contributed by atoms with Crippen LogP contribution >= 0.6 is 0 Å². The number of hydrogen-bond acceptors (Lipinski definition) is 10. The van der Waals surface area contributed by atoms with Crippen molar-refractivity contribution < 1.29 is 23.4 Å². The third-order valence-corrected chi connectivity index (χ3v) is 12.1. The van der Waals surface area contributed by atoms with E-state index in [9.17, 15) is 23.4 Å². The van der Waals surface area contributed by atoms with E-state index in [-0.39, 0.29) is 65.8 Å². The van der Waals surface area contributed by atoms with Crippen LogP contribution in [0.2, 0.25) is 0 Å². The Balaban J connectivity index is 0.000000251. The van der Waals surface area contributed by atoms with Gasteiger partial charge in [-0.05, 0) is 134 Å². The van der Waals surface area contributed by atoms with E-state index in [1.165, 1.54) is 32.2 Å².